The van der Waals surface area contributed by atoms with Gasteiger partial charge in [-0.1, -0.05) is 6.42 Å². The summed E-state index contributed by atoms with van der Waals surface area (Å²) in [4.78, 5) is 7.39. The Morgan fingerprint density at radius 3 is 2.73 bits per heavy atom. The molecule has 1 saturated heterocycles. The van der Waals surface area contributed by atoms with Gasteiger partial charge in [0.15, 0.2) is 5.96 Å². The second-order valence-electron chi connectivity index (χ2n) is 7.33. The van der Waals surface area contributed by atoms with E-state index in [1.165, 1.54) is 19.3 Å². The molecule has 1 heterocycles. The summed E-state index contributed by atoms with van der Waals surface area (Å²) < 4.78 is 0. The number of hydrogen-bond acceptors (Lipinski definition) is 3. The van der Waals surface area contributed by atoms with Gasteiger partial charge in [0.2, 0.25) is 0 Å². The molecule has 126 valence electrons. The average Bonchev–Trinajstić information content (AvgIpc) is 3.15. The summed E-state index contributed by atoms with van der Waals surface area (Å²) in [5, 5.41) is 16.9. The molecule has 4 unspecified atom stereocenters. The zero-order valence-electron chi connectivity index (χ0n) is 14.1. The predicted molar refractivity (Wildman–Crippen MR) is 90.1 cm³/mol. The number of aliphatic imine (C=N–C) groups is 1. The highest BCUT2D eigenvalue weighted by atomic mass is 16.3. The largest absolute Gasteiger partial charge is 0.393 e. The third kappa shape index (κ3) is 3.93. The van der Waals surface area contributed by atoms with Crippen LogP contribution in [0.2, 0.25) is 0 Å². The highest BCUT2D eigenvalue weighted by Gasteiger charge is 2.38. The van der Waals surface area contributed by atoms with Gasteiger partial charge in [-0.2, -0.15) is 0 Å². The van der Waals surface area contributed by atoms with E-state index in [1.54, 1.807) is 0 Å². The molecule has 3 aliphatic rings. The van der Waals surface area contributed by atoms with Crippen LogP contribution in [0.1, 0.15) is 52.4 Å². The minimum Gasteiger partial charge on any atom is -0.393 e. The fourth-order valence-electron chi connectivity index (χ4n) is 4.03. The summed E-state index contributed by atoms with van der Waals surface area (Å²) in [6.07, 6.45) is 7.01. The molecule has 3 fully saturated rings. The zero-order valence-corrected chi connectivity index (χ0v) is 14.1. The van der Waals surface area contributed by atoms with Crippen LogP contribution < -0.4 is 10.6 Å². The molecular formula is C17H32N4O. The van der Waals surface area contributed by atoms with Gasteiger partial charge in [-0.25, -0.2) is 0 Å². The van der Waals surface area contributed by atoms with E-state index in [0.29, 0.717) is 18.0 Å². The molecule has 3 rings (SSSR count). The van der Waals surface area contributed by atoms with Gasteiger partial charge in [-0.3, -0.25) is 9.89 Å². The number of hydrogen-bond donors (Lipinski definition) is 3. The van der Waals surface area contributed by atoms with Crippen molar-refractivity contribution in [2.24, 2.45) is 10.9 Å². The van der Waals surface area contributed by atoms with E-state index >= 15 is 0 Å². The quantitative estimate of drug-likeness (QED) is 0.530. The fourth-order valence-corrected chi connectivity index (χ4v) is 4.03. The Kier molecular flexibility index (Phi) is 5.24. The highest BCUT2D eigenvalue weighted by Crippen LogP contribution is 2.33. The molecule has 5 nitrogen and oxygen atoms in total. The normalized spacial score (nSPS) is 36.8. The number of aliphatic hydroxyl groups is 1. The van der Waals surface area contributed by atoms with E-state index in [-0.39, 0.29) is 6.10 Å². The summed E-state index contributed by atoms with van der Waals surface area (Å²) in [5.41, 5.74) is 0. The van der Waals surface area contributed by atoms with Gasteiger partial charge in [0.1, 0.15) is 0 Å². The first-order chi connectivity index (χ1) is 10.7. The molecule has 0 radical (unpaired) electrons. The Bertz CT molecular complexity index is 396. The Hall–Kier alpha value is -0.810. The third-order valence-corrected chi connectivity index (χ3v) is 5.43. The SMILES string of the molecule is CCNC(=NCC1CCCC1O)NC1CC(C)N(C2CC2)C1. The smallest absolute Gasteiger partial charge is 0.191 e. The maximum absolute atomic E-state index is 9.94. The van der Waals surface area contributed by atoms with E-state index in [9.17, 15) is 5.11 Å². The highest BCUT2D eigenvalue weighted by molar-refractivity contribution is 5.80. The maximum Gasteiger partial charge on any atom is 0.191 e. The first-order valence-electron chi connectivity index (χ1n) is 9.16. The van der Waals surface area contributed by atoms with Gasteiger partial charge < -0.3 is 15.7 Å². The van der Waals surface area contributed by atoms with Gasteiger partial charge in [0.25, 0.3) is 0 Å². The predicted octanol–water partition coefficient (Wildman–Crippen LogP) is 1.33. The fraction of sp³-hybridized carbons (Fsp3) is 0.941. The standard InChI is InChI=1S/C17H32N4O/c1-3-18-17(19-10-13-5-4-6-16(13)22)20-14-9-12(2)21(11-14)15-7-8-15/h12-16,22H,3-11H2,1-2H3,(H2,18,19,20). The van der Waals surface area contributed by atoms with Crippen molar-refractivity contribution in [2.45, 2.75) is 76.6 Å². The number of likely N-dealkylation sites (tertiary alicyclic amines) is 1. The molecule has 0 amide bonds. The summed E-state index contributed by atoms with van der Waals surface area (Å²) in [5.74, 6) is 1.28. The molecule has 0 aromatic rings. The van der Waals surface area contributed by atoms with Crippen molar-refractivity contribution in [1.82, 2.24) is 15.5 Å². The van der Waals surface area contributed by atoms with Crippen LogP contribution in [0.25, 0.3) is 0 Å². The van der Waals surface area contributed by atoms with Crippen molar-refractivity contribution >= 4 is 5.96 Å². The van der Waals surface area contributed by atoms with Gasteiger partial charge in [0, 0.05) is 43.7 Å². The zero-order chi connectivity index (χ0) is 15.5. The monoisotopic (exact) mass is 308 g/mol. The molecule has 0 bridgehead atoms. The van der Waals surface area contributed by atoms with E-state index in [0.717, 1.165) is 50.9 Å². The lowest BCUT2D eigenvalue weighted by Crippen LogP contribution is -2.45. The van der Waals surface area contributed by atoms with E-state index in [4.69, 9.17) is 4.99 Å². The Morgan fingerprint density at radius 2 is 2.09 bits per heavy atom. The third-order valence-electron chi connectivity index (χ3n) is 5.43. The lowest BCUT2D eigenvalue weighted by molar-refractivity contribution is 0.136. The molecule has 1 aliphatic heterocycles. The number of nitrogens with zero attached hydrogens (tertiary/aromatic N) is 2. The van der Waals surface area contributed by atoms with Crippen molar-refractivity contribution in [1.29, 1.82) is 0 Å². The van der Waals surface area contributed by atoms with Crippen molar-refractivity contribution in [3.8, 4) is 0 Å². The van der Waals surface area contributed by atoms with Crippen molar-refractivity contribution in [3.63, 3.8) is 0 Å². The second kappa shape index (κ2) is 7.18. The molecule has 3 N–H and O–H groups in total. The number of guanidine groups is 1. The average molecular weight is 308 g/mol. The topological polar surface area (TPSA) is 59.9 Å². The summed E-state index contributed by atoms with van der Waals surface area (Å²) in [6, 6.07) is 2.03. The van der Waals surface area contributed by atoms with Crippen LogP contribution in [0, 0.1) is 5.92 Å². The molecule has 5 heteroatoms. The number of rotatable bonds is 5. The van der Waals surface area contributed by atoms with Gasteiger partial charge in [0.05, 0.1) is 6.10 Å². The summed E-state index contributed by atoms with van der Waals surface area (Å²) in [6.45, 7) is 7.22. The van der Waals surface area contributed by atoms with Crippen LogP contribution in [0.4, 0.5) is 0 Å². The second-order valence-corrected chi connectivity index (χ2v) is 7.33. The molecule has 2 aliphatic carbocycles. The molecular weight excluding hydrogens is 276 g/mol. The first-order valence-corrected chi connectivity index (χ1v) is 9.16. The van der Waals surface area contributed by atoms with Crippen LogP contribution >= 0.6 is 0 Å². The van der Waals surface area contributed by atoms with Crippen LogP contribution in [0.15, 0.2) is 4.99 Å². The lowest BCUT2D eigenvalue weighted by Gasteiger charge is -2.20. The van der Waals surface area contributed by atoms with Crippen LogP contribution in [-0.2, 0) is 0 Å². The Labute approximate surface area is 134 Å². The van der Waals surface area contributed by atoms with Gasteiger partial charge in [-0.15, -0.1) is 0 Å². The summed E-state index contributed by atoms with van der Waals surface area (Å²) >= 11 is 0. The number of nitrogens with one attached hydrogen (secondary N) is 2. The Morgan fingerprint density at radius 1 is 1.27 bits per heavy atom. The number of aliphatic hydroxyl groups excluding tert-OH is 1. The van der Waals surface area contributed by atoms with Gasteiger partial charge in [-0.05, 0) is 46.0 Å². The molecule has 0 aromatic heterocycles. The molecule has 0 aromatic carbocycles. The van der Waals surface area contributed by atoms with Crippen LogP contribution in [-0.4, -0.2) is 59.8 Å². The van der Waals surface area contributed by atoms with Crippen LogP contribution in [0.3, 0.4) is 0 Å². The maximum atomic E-state index is 9.94. The molecule has 2 saturated carbocycles. The molecule has 4 atom stereocenters. The lowest BCUT2D eigenvalue weighted by atomic mass is 10.1. The van der Waals surface area contributed by atoms with E-state index in [1.807, 2.05) is 0 Å². The molecule has 22 heavy (non-hydrogen) atoms. The van der Waals surface area contributed by atoms with Crippen molar-refractivity contribution in [3.05, 3.63) is 0 Å². The first kappa shape index (κ1) is 16.1. The summed E-state index contributed by atoms with van der Waals surface area (Å²) in [7, 11) is 0. The van der Waals surface area contributed by atoms with Crippen LogP contribution in [0.5, 0.6) is 0 Å². The van der Waals surface area contributed by atoms with Crippen molar-refractivity contribution in [2.75, 3.05) is 19.6 Å². The van der Waals surface area contributed by atoms with Crippen molar-refractivity contribution < 1.29 is 5.11 Å². The van der Waals surface area contributed by atoms with Gasteiger partial charge >= 0.3 is 0 Å². The molecule has 0 spiro atoms. The Balaban J connectivity index is 1.52. The van der Waals surface area contributed by atoms with E-state index in [2.05, 4.69) is 29.4 Å². The minimum atomic E-state index is -0.150. The minimum absolute atomic E-state index is 0.150. The van der Waals surface area contributed by atoms with E-state index < -0.39 is 0 Å².